The summed E-state index contributed by atoms with van der Waals surface area (Å²) in [7, 11) is 3.38. The molecular weight excluding hydrogens is 537 g/mol. The average molecular weight is 563 g/mol. The number of allylic oxidation sites excluding steroid dienone is 1. The Hall–Kier alpha value is -3.73. The number of amides is 2. The lowest BCUT2D eigenvalue weighted by atomic mass is 10.1. The van der Waals surface area contributed by atoms with Gasteiger partial charge in [0.2, 0.25) is 12.3 Å². The molecule has 0 fully saturated rings. The molecule has 2 amide bonds. The number of nitrogens with one attached hydrogen (secondary N) is 1. The highest BCUT2D eigenvalue weighted by Crippen LogP contribution is 2.34. The molecule has 0 unspecified atom stereocenters. The van der Waals surface area contributed by atoms with E-state index in [9.17, 15) is 14.4 Å². The molecular formula is C28H26N4O3S3. The molecule has 0 aliphatic rings. The topological polar surface area (TPSA) is 84.3 Å². The highest BCUT2D eigenvalue weighted by Gasteiger charge is 2.18. The summed E-state index contributed by atoms with van der Waals surface area (Å²) in [5, 5.41) is 10.2. The highest BCUT2D eigenvalue weighted by molar-refractivity contribution is 7.99. The number of anilines is 1. The number of rotatable bonds is 8. The van der Waals surface area contributed by atoms with E-state index in [0.29, 0.717) is 21.9 Å². The molecule has 194 valence electrons. The summed E-state index contributed by atoms with van der Waals surface area (Å²) in [5.74, 6) is -0.00864. The van der Waals surface area contributed by atoms with Crippen LogP contribution in [0.1, 0.15) is 0 Å². The Bertz CT molecular complexity index is 1640. The molecule has 1 N–H and O–H groups in total. The molecule has 0 saturated carbocycles. The number of hydrogen-bond acceptors (Lipinski definition) is 7. The molecule has 2 aromatic carbocycles. The highest BCUT2D eigenvalue weighted by atomic mass is 32.2. The number of fused-ring (bicyclic) bond motifs is 2. The van der Waals surface area contributed by atoms with Gasteiger partial charge in [0.25, 0.3) is 5.56 Å². The van der Waals surface area contributed by atoms with Crippen molar-refractivity contribution in [2.45, 2.75) is 11.7 Å². The molecule has 5 aromatic rings. The van der Waals surface area contributed by atoms with E-state index >= 15 is 0 Å². The van der Waals surface area contributed by atoms with Crippen LogP contribution >= 0.6 is 34.4 Å². The Morgan fingerprint density at radius 1 is 1.13 bits per heavy atom. The summed E-state index contributed by atoms with van der Waals surface area (Å²) in [5.41, 5.74) is 1.54. The number of carbonyl (C=O) groups excluding carboxylic acids is 2. The first-order chi connectivity index (χ1) is 18.4. The van der Waals surface area contributed by atoms with Crippen molar-refractivity contribution >= 4 is 73.4 Å². The molecule has 7 nitrogen and oxygen atoms in total. The van der Waals surface area contributed by atoms with Crippen LogP contribution in [0.15, 0.2) is 88.0 Å². The standard InChI is InChI=1S/C25H19N3O2S3.C3H7NO/c1-2-11-28-24(30)22-19(20-8-5-12-31-20)14-32-23(22)27-25(28)33-15-21(29)26-18-10-9-16-6-3-4-7-17(16)13-18;1-4(2)3-5/h2-10,12-14H,1,11,15H2,(H,26,29);3H,1-2H3. The van der Waals surface area contributed by atoms with Crippen LogP contribution in [0, 0.1) is 0 Å². The zero-order valence-electron chi connectivity index (χ0n) is 20.9. The fraction of sp³-hybridized carbons (Fsp3) is 0.143. The van der Waals surface area contributed by atoms with E-state index < -0.39 is 0 Å². The van der Waals surface area contributed by atoms with Crippen molar-refractivity contribution in [1.29, 1.82) is 0 Å². The van der Waals surface area contributed by atoms with Gasteiger partial charge >= 0.3 is 0 Å². The first kappa shape index (κ1) is 27.3. The Labute approximate surface area is 232 Å². The summed E-state index contributed by atoms with van der Waals surface area (Å²) < 4.78 is 1.59. The molecule has 5 rings (SSSR count). The lowest BCUT2D eigenvalue weighted by Crippen LogP contribution is -2.23. The normalized spacial score (nSPS) is 10.6. The number of thiophene rings is 2. The van der Waals surface area contributed by atoms with Crippen LogP contribution in [-0.2, 0) is 16.1 Å². The summed E-state index contributed by atoms with van der Waals surface area (Å²) in [6, 6.07) is 17.8. The molecule has 3 heterocycles. The first-order valence-electron chi connectivity index (χ1n) is 11.6. The van der Waals surface area contributed by atoms with Crippen LogP contribution in [0.3, 0.4) is 0 Å². The van der Waals surface area contributed by atoms with E-state index in [2.05, 4.69) is 11.9 Å². The average Bonchev–Trinajstić information content (AvgIpc) is 3.60. The number of hydrogen-bond donors (Lipinski definition) is 1. The van der Waals surface area contributed by atoms with E-state index in [4.69, 9.17) is 4.98 Å². The van der Waals surface area contributed by atoms with Crippen LogP contribution in [0.2, 0.25) is 0 Å². The molecule has 0 aliphatic carbocycles. The minimum Gasteiger partial charge on any atom is -0.351 e. The van der Waals surface area contributed by atoms with E-state index in [-0.39, 0.29) is 17.2 Å². The van der Waals surface area contributed by atoms with Crippen LogP contribution in [0.5, 0.6) is 0 Å². The third kappa shape index (κ3) is 6.39. The summed E-state index contributed by atoms with van der Waals surface area (Å²) in [6.07, 6.45) is 2.42. The number of aromatic nitrogens is 2. The van der Waals surface area contributed by atoms with Gasteiger partial charge in [0.1, 0.15) is 4.83 Å². The van der Waals surface area contributed by atoms with E-state index in [1.807, 2.05) is 65.4 Å². The predicted octanol–water partition coefficient (Wildman–Crippen LogP) is 5.96. The van der Waals surface area contributed by atoms with Gasteiger partial charge in [-0.05, 0) is 34.4 Å². The Balaban J connectivity index is 0.000000617. The zero-order valence-corrected chi connectivity index (χ0v) is 23.4. The summed E-state index contributed by atoms with van der Waals surface area (Å²) >= 11 is 4.30. The molecule has 0 saturated heterocycles. The fourth-order valence-corrected chi connectivity index (χ4v) is 6.22. The lowest BCUT2D eigenvalue weighted by molar-refractivity contribution is -0.116. The van der Waals surface area contributed by atoms with Crippen molar-refractivity contribution in [3.63, 3.8) is 0 Å². The minimum atomic E-state index is -0.153. The second kappa shape index (κ2) is 12.7. The maximum atomic E-state index is 13.3. The molecule has 0 radical (unpaired) electrons. The molecule has 10 heteroatoms. The molecule has 0 aliphatic heterocycles. The SMILES string of the molecule is C=CCn1c(SCC(=O)Nc2ccc3ccccc3c2)nc2scc(-c3cccs3)c2c1=O.CN(C)C=O. The van der Waals surface area contributed by atoms with Crippen molar-refractivity contribution < 1.29 is 9.59 Å². The third-order valence-electron chi connectivity index (χ3n) is 5.33. The molecule has 0 bridgehead atoms. The molecule has 0 spiro atoms. The van der Waals surface area contributed by atoms with Gasteiger partial charge in [-0.25, -0.2) is 4.98 Å². The monoisotopic (exact) mass is 562 g/mol. The zero-order chi connectivity index (χ0) is 27.1. The van der Waals surface area contributed by atoms with Crippen LogP contribution in [-0.4, -0.2) is 46.6 Å². The van der Waals surface area contributed by atoms with Gasteiger partial charge < -0.3 is 10.2 Å². The van der Waals surface area contributed by atoms with Crippen LogP contribution in [0.25, 0.3) is 31.4 Å². The quantitative estimate of drug-likeness (QED) is 0.109. The number of thioether (sulfide) groups is 1. The smallest absolute Gasteiger partial charge is 0.263 e. The summed E-state index contributed by atoms with van der Waals surface area (Å²) in [4.78, 5) is 43.3. The van der Waals surface area contributed by atoms with Gasteiger partial charge in [0, 0.05) is 42.1 Å². The van der Waals surface area contributed by atoms with Crippen molar-refractivity contribution in [3.8, 4) is 10.4 Å². The Kier molecular flexibility index (Phi) is 9.11. The largest absolute Gasteiger partial charge is 0.351 e. The third-order valence-corrected chi connectivity index (χ3v) is 8.09. The summed E-state index contributed by atoms with van der Waals surface area (Å²) in [6.45, 7) is 4.11. The molecule has 38 heavy (non-hydrogen) atoms. The lowest BCUT2D eigenvalue weighted by Gasteiger charge is -2.11. The van der Waals surface area contributed by atoms with Crippen LogP contribution in [0.4, 0.5) is 5.69 Å². The fourth-order valence-electron chi connectivity index (χ4n) is 3.61. The van der Waals surface area contributed by atoms with Gasteiger partial charge in [0.15, 0.2) is 5.16 Å². The van der Waals surface area contributed by atoms with E-state index in [0.717, 1.165) is 33.3 Å². The minimum absolute atomic E-state index is 0.109. The van der Waals surface area contributed by atoms with E-state index in [1.165, 1.54) is 28.0 Å². The number of nitrogens with zero attached hydrogens (tertiary/aromatic N) is 3. The van der Waals surface area contributed by atoms with Crippen molar-refractivity contribution in [2.24, 2.45) is 0 Å². The molecule has 3 aromatic heterocycles. The maximum Gasteiger partial charge on any atom is 0.263 e. The number of benzene rings is 2. The van der Waals surface area contributed by atoms with Gasteiger partial charge in [0.05, 0.1) is 11.1 Å². The van der Waals surface area contributed by atoms with Gasteiger partial charge in [-0.15, -0.1) is 29.3 Å². The van der Waals surface area contributed by atoms with Crippen molar-refractivity contribution in [2.75, 3.05) is 25.2 Å². The van der Waals surface area contributed by atoms with Crippen LogP contribution < -0.4 is 10.9 Å². The van der Waals surface area contributed by atoms with Crippen molar-refractivity contribution in [3.05, 3.63) is 88.4 Å². The Morgan fingerprint density at radius 3 is 2.58 bits per heavy atom. The van der Waals surface area contributed by atoms with E-state index in [1.54, 1.807) is 36.1 Å². The van der Waals surface area contributed by atoms with Gasteiger partial charge in [-0.3, -0.25) is 19.0 Å². The second-order valence-electron chi connectivity index (χ2n) is 8.37. The van der Waals surface area contributed by atoms with Crippen molar-refractivity contribution in [1.82, 2.24) is 14.5 Å². The predicted molar refractivity (Wildman–Crippen MR) is 160 cm³/mol. The Morgan fingerprint density at radius 2 is 1.89 bits per heavy atom. The second-order valence-corrected chi connectivity index (χ2v) is 11.1. The maximum absolute atomic E-state index is 13.3. The van der Waals surface area contributed by atoms with Gasteiger partial charge in [-0.1, -0.05) is 54.2 Å². The first-order valence-corrected chi connectivity index (χ1v) is 14.4. The van der Waals surface area contributed by atoms with Gasteiger partial charge in [-0.2, -0.15) is 0 Å². The number of carbonyl (C=O) groups is 2. The molecule has 0 atom stereocenters.